The van der Waals surface area contributed by atoms with Gasteiger partial charge >= 0.3 is 0 Å². The number of carbonyl (C=O) groups is 1. The molecule has 2 rings (SSSR count). The van der Waals surface area contributed by atoms with Crippen molar-refractivity contribution >= 4 is 27.5 Å². The van der Waals surface area contributed by atoms with Crippen molar-refractivity contribution in [3.8, 4) is 5.75 Å². The molecule has 1 aliphatic heterocycles. The first-order valence-corrected chi connectivity index (χ1v) is 5.73. The first kappa shape index (κ1) is 11.4. The number of halogens is 1. The standard InChI is InChI=1S/C11H12BrNO3/c1-15-10-3-2-8(6-9(10)12)13-4-5-16-7-11(13)14/h2-3,6H,4-5,7H2,1H3. The number of hydrogen-bond donors (Lipinski definition) is 0. The molecular weight excluding hydrogens is 274 g/mol. The monoisotopic (exact) mass is 285 g/mol. The minimum absolute atomic E-state index is 0.0108. The smallest absolute Gasteiger partial charge is 0.253 e. The van der Waals surface area contributed by atoms with Gasteiger partial charge in [0.2, 0.25) is 0 Å². The lowest BCUT2D eigenvalue weighted by Crippen LogP contribution is -2.41. The summed E-state index contributed by atoms with van der Waals surface area (Å²) in [6.45, 7) is 1.33. The first-order chi connectivity index (χ1) is 7.72. The summed E-state index contributed by atoms with van der Waals surface area (Å²) in [4.78, 5) is 13.3. The molecule has 0 unspecified atom stereocenters. The van der Waals surface area contributed by atoms with Crippen LogP contribution < -0.4 is 9.64 Å². The van der Waals surface area contributed by atoms with E-state index in [9.17, 15) is 4.79 Å². The molecule has 1 aliphatic rings. The number of anilines is 1. The van der Waals surface area contributed by atoms with Crippen molar-refractivity contribution in [2.75, 3.05) is 31.8 Å². The topological polar surface area (TPSA) is 38.8 Å². The van der Waals surface area contributed by atoms with E-state index in [1.807, 2.05) is 18.2 Å². The van der Waals surface area contributed by atoms with Crippen LogP contribution in [0, 0.1) is 0 Å². The van der Waals surface area contributed by atoms with E-state index < -0.39 is 0 Å². The third-order valence-electron chi connectivity index (χ3n) is 2.43. The molecule has 1 fully saturated rings. The molecule has 1 amide bonds. The Kier molecular flexibility index (Phi) is 3.46. The summed E-state index contributed by atoms with van der Waals surface area (Å²) in [5.41, 5.74) is 0.862. The normalized spacial score (nSPS) is 16.4. The summed E-state index contributed by atoms with van der Waals surface area (Å²) in [5, 5.41) is 0. The Morgan fingerprint density at radius 2 is 2.31 bits per heavy atom. The van der Waals surface area contributed by atoms with Crippen LogP contribution in [-0.2, 0) is 9.53 Å². The molecule has 1 aromatic rings. The summed E-state index contributed by atoms with van der Waals surface area (Å²) < 4.78 is 11.1. The van der Waals surface area contributed by atoms with Crippen LogP contribution in [0.1, 0.15) is 0 Å². The first-order valence-electron chi connectivity index (χ1n) is 4.94. The van der Waals surface area contributed by atoms with E-state index in [2.05, 4.69) is 15.9 Å². The van der Waals surface area contributed by atoms with Gasteiger partial charge in [-0.05, 0) is 34.1 Å². The van der Waals surface area contributed by atoms with Gasteiger partial charge in [-0.15, -0.1) is 0 Å². The van der Waals surface area contributed by atoms with Crippen LogP contribution in [0.4, 0.5) is 5.69 Å². The van der Waals surface area contributed by atoms with Crippen molar-refractivity contribution in [3.05, 3.63) is 22.7 Å². The molecule has 0 bridgehead atoms. The van der Waals surface area contributed by atoms with Gasteiger partial charge in [-0.1, -0.05) is 0 Å². The molecule has 16 heavy (non-hydrogen) atoms. The summed E-state index contributed by atoms with van der Waals surface area (Å²) in [6, 6.07) is 5.58. The fraction of sp³-hybridized carbons (Fsp3) is 0.364. The maximum atomic E-state index is 11.6. The molecule has 1 aromatic carbocycles. The van der Waals surface area contributed by atoms with E-state index in [0.29, 0.717) is 13.2 Å². The van der Waals surface area contributed by atoms with Gasteiger partial charge in [-0.3, -0.25) is 4.79 Å². The van der Waals surface area contributed by atoms with Gasteiger partial charge in [0, 0.05) is 12.2 Å². The van der Waals surface area contributed by atoms with Crippen LogP contribution in [0.2, 0.25) is 0 Å². The van der Waals surface area contributed by atoms with Crippen molar-refractivity contribution in [3.63, 3.8) is 0 Å². The molecule has 0 radical (unpaired) electrons. The van der Waals surface area contributed by atoms with Crippen LogP contribution in [0.25, 0.3) is 0 Å². The van der Waals surface area contributed by atoms with Gasteiger partial charge in [0.15, 0.2) is 0 Å². The van der Waals surface area contributed by atoms with E-state index in [0.717, 1.165) is 15.9 Å². The van der Waals surface area contributed by atoms with E-state index in [-0.39, 0.29) is 12.5 Å². The van der Waals surface area contributed by atoms with Crippen LogP contribution in [0.5, 0.6) is 5.75 Å². The second-order valence-corrected chi connectivity index (χ2v) is 4.27. The zero-order valence-corrected chi connectivity index (χ0v) is 10.5. The Balaban J connectivity index is 2.26. The van der Waals surface area contributed by atoms with Gasteiger partial charge in [0.1, 0.15) is 12.4 Å². The highest BCUT2D eigenvalue weighted by Gasteiger charge is 2.20. The third-order valence-corrected chi connectivity index (χ3v) is 3.05. The second-order valence-electron chi connectivity index (χ2n) is 3.42. The van der Waals surface area contributed by atoms with Crippen LogP contribution >= 0.6 is 15.9 Å². The molecule has 0 saturated carbocycles. The second kappa shape index (κ2) is 4.84. The zero-order valence-electron chi connectivity index (χ0n) is 8.90. The van der Waals surface area contributed by atoms with Gasteiger partial charge < -0.3 is 14.4 Å². The predicted molar refractivity (Wildman–Crippen MR) is 63.9 cm³/mol. The number of hydrogen-bond acceptors (Lipinski definition) is 3. The number of carbonyl (C=O) groups excluding carboxylic acids is 1. The lowest BCUT2D eigenvalue weighted by Gasteiger charge is -2.27. The summed E-state index contributed by atoms with van der Waals surface area (Å²) in [6.07, 6.45) is 0. The summed E-state index contributed by atoms with van der Waals surface area (Å²) in [5.74, 6) is 0.743. The number of rotatable bonds is 2. The fourth-order valence-corrected chi connectivity index (χ4v) is 2.14. The Morgan fingerprint density at radius 3 is 2.94 bits per heavy atom. The van der Waals surface area contributed by atoms with Gasteiger partial charge in [0.25, 0.3) is 5.91 Å². The average molecular weight is 286 g/mol. The van der Waals surface area contributed by atoms with Crippen molar-refractivity contribution in [2.24, 2.45) is 0 Å². The minimum atomic E-state index is -0.0108. The molecule has 5 heteroatoms. The van der Waals surface area contributed by atoms with Crippen molar-refractivity contribution in [2.45, 2.75) is 0 Å². The molecule has 1 saturated heterocycles. The number of morpholine rings is 1. The zero-order chi connectivity index (χ0) is 11.5. The SMILES string of the molecule is COc1ccc(N2CCOCC2=O)cc1Br. The van der Waals surface area contributed by atoms with E-state index in [1.165, 1.54) is 0 Å². The Morgan fingerprint density at radius 1 is 1.50 bits per heavy atom. The summed E-state index contributed by atoms with van der Waals surface area (Å²) >= 11 is 3.40. The van der Waals surface area contributed by atoms with Gasteiger partial charge in [-0.2, -0.15) is 0 Å². The Labute approximate surface area is 102 Å². The minimum Gasteiger partial charge on any atom is -0.496 e. The molecule has 0 spiro atoms. The highest BCUT2D eigenvalue weighted by atomic mass is 79.9. The van der Waals surface area contributed by atoms with Crippen molar-refractivity contribution < 1.29 is 14.3 Å². The fourth-order valence-electron chi connectivity index (χ4n) is 1.61. The largest absolute Gasteiger partial charge is 0.496 e. The van der Waals surface area contributed by atoms with Gasteiger partial charge in [0.05, 0.1) is 18.2 Å². The van der Waals surface area contributed by atoms with Crippen LogP contribution in [0.3, 0.4) is 0 Å². The maximum Gasteiger partial charge on any atom is 0.253 e. The quantitative estimate of drug-likeness (QED) is 0.832. The number of amides is 1. The highest BCUT2D eigenvalue weighted by molar-refractivity contribution is 9.10. The lowest BCUT2D eigenvalue weighted by atomic mass is 10.2. The Bertz CT molecular complexity index is 408. The molecule has 0 aliphatic carbocycles. The molecular formula is C11H12BrNO3. The lowest BCUT2D eigenvalue weighted by molar-refractivity contribution is -0.125. The van der Waals surface area contributed by atoms with E-state index in [1.54, 1.807) is 12.0 Å². The predicted octanol–water partition coefficient (Wildman–Crippen LogP) is 1.82. The van der Waals surface area contributed by atoms with Gasteiger partial charge in [-0.25, -0.2) is 0 Å². The molecule has 0 aromatic heterocycles. The number of methoxy groups -OCH3 is 1. The molecule has 0 atom stereocenters. The van der Waals surface area contributed by atoms with E-state index >= 15 is 0 Å². The number of benzene rings is 1. The summed E-state index contributed by atoms with van der Waals surface area (Å²) in [7, 11) is 1.61. The third kappa shape index (κ3) is 2.20. The van der Waals surface area contributed by atoms with Crippen LogP contribution in [0.15, 0.2) is 22.7 Å². The molecule has 0 N–H and O–H groups in total. The molecule has 86 valence electrons. The number of ether oxygens (including phenoxy) is 2. The van der Waals surface area contributed by atoms with Crippen molar-refractivity contribution in [1.82, 2.24) is 0 Å². The van der Waals surface area contributed by atoms with Crippen molar-refractivity contribution in [1.29, 1.82) is 0 Å². The average Bonchev–Trinajstić information content (AvgIpc) is 2.29. The number of nitrogens with zero attached hydrogens (tertiary/aromatic N) is 1. The van der Waals surface area contributed by atoms with Crippen LogP contribution in [-0.4, -0.2) is 32.8 Å². The van der Waals surface area contributed by atoms with E-state index in [4.69, 9.17) is 9.47 Å². The molecule has 1 heterocycles. The Hall–Kier alpha value is -1.07. The highest BCUT2D eigenvalue weighted by Crippen LogP contribution is 2.29. The molecule has 4 nitrogen and oxygen atoms in total. The maximum absolute atomic E-state index is 11.6.